The third-order valence-electron chi connectivity index (χ3n) is 3.25. The standard InChI is InChI=1S/C17H16N4OS/c1-21(2)15-13(9-6-10-18-15)16(22)20-17-19-14(11-23-17)12-7-4-3-5-8-12/h3-11H,1-2H3,(H,19,20,22). The third-order valence-corrected chi connectivity index (χ3v) is 4.01. The highest BCUT2D eigenvalue weighted by Crippen LogP contribution is 2.25. The van der Waals surface area contributed by atoms with E-state index in [0.29, 0.717) is 16.5 Å². The van der Waals surface area contributed by atoms with Crippen molar-refractivity contribution in [2.45, 2.75) is 0 Å². The van der Waals surface area contributed by atoms with Gasteiger partial charge in [0.2, 0.25) is 0 Å². The van der Waals surface area contributed by atoms with Gasteiger partial charge in [0.25, 0.3) is 5.91 Å². The minimum Gasteiger partial charge on any atom is -0.362 e. The maximum absolute atomic E-state index is 12.5. The van der Waals surface area contributed by atoms with Gasteiger partial charge in [-0.25, -0.2) is 9.97 Å². The molecule has 2 aromatic heterocycles. The average Bonchev–Trinajstić information content (AvgIpc) is 3.04. The van der Waals surface area contributed by atoms with E-state index in [0.717, 1.165) is 11.3 Å². The molecule has 0 unspecified atom stereocenters. The summed E-state index contributed by atoms with van der Waals surface area (Å²) in [4.78, 5) is 23.0. The average molecular weight is 324 g/mol. The van der Waals surface area contributed by atoms with Crippen molar-refractivity contribution in [3.05, 3.63) is 59.6 Å². The van der Waals surface area contributed by atoms with Gasteiger partial charge in [0.05, 0.1) is 11.3 Å². The summed E-state index contributed by atoms with van der Waals surface area (Å²) < 4.78 is 0. The number of hydrogen-bond donors (Lipinski definition) is 1. The van der Waals surface area contributed by atoms with Crippen LogP contribution < -0.4 is 10.2 Å². The first kappa shape index (κ1) is 15.2. The van der Waals surface area contributed by atoms with E-state index in [-0.39, 0.29) is 5.91 Å². The number of anilines is 2. The fourth-order valence-electron chi connectivity index (χ4n) is 2.17. The van der Waals surface area contributed by atoms with Gasteiger partial charge < -0.3 is 4.90 Å². The highest BCUT2D eigenvalue weighted by molar-refractivity contribution is 7.14. The van der Waals surface area contributed by atoms with Crippen LogP contribution in [-0.4, -0.2) is 30.0 Å². The lowest BCUT2D eigenvalue weighted by Crippen LogP contribution is -2.19. The van der Waals surface area contributed by atoms with Crippen molar-refractivity contribution in [3.8, 4) is 11.3 Å². The van der Waals surface area contributed by atoms with Gasteiger partial charge in [-0.05, 0) is 12.1 Å². The Morgan fingerprint density at radius 2 is 1.91 bits per heavy atom. The number of aromatic nitrogens is 2. The lowest BCUT2D eigenvalue weighted by Gasteiger charge is -2.14. The molecule has 5 nitrogen and oxygen atoms in total. The fourth-order valence-corrected chi connectivity index (χ4v) is 2.88. The van der Waals surface area contributed by atoms with E-state index >= 15 is 0 Å². The summed E-state index contributed by atoms with van der Waals surface area (Å²) in [6, 6.07) is 13.4. The van der Waals surface area contributed by atoms with Crippen LogP contribution in [0.4, 0.5) is 10.9 Å². The van der Waals surface area contributed by atoms with Crippen molar-refractivity contribution in [2.75, 3.05) is 24.3 Å². The Labute approximate surface area is 138 Å². The van der Waals surface area contributed by atoms with Crippen molar-refractivity contribution >= 4 is 28.2 Å². The molecule has 6 heteroatoms. The van der Waals surface area contributed by atoms with E-state index in [9.17, 15) is 4.79 Å². The van der Waals surface area contributed by atoms with Crippen LogP contribution in [0.15, 0.2) is 54.0 Å². The number of carbonyl (C=O) groups is 1. The molecule has 2 heterocycles. The lowest BCUT2D eigenvalue weighted by atomic mass is 10.2. The normalized spacial score (nSPS) is 10.3. The topological polar surface area (TPSA) is 58.1 Å². The summed E-state index contributed by atoms with van der Waals surface area (Å²) in [5.41, 5.74) is 2.40. The number of nitrogens with zero attached hydrogens (tertiary/aromatic N) is 3. The Bertz CT molecular complexity index is 814. The van der Waals surface area contributed by atoms with Gasteiger partial charge in [-0.2, -0.15) is 0 Å². The zero-order valence-electron chi connectivity index (χ0n) is 12.9. The van der Waals surface area contributed by atoms with Crippen LogP contribution in [0.25, 0.3) is 11.3 Å². The minimum atomic E-state index is -0.212. The highest BCUT2D eigenvalue weighted by atomic mass is 32.1. The van der Waals surface area contributed by atoms with E-state index in [1.807, 2.05) is 54.7 Å². The molecule has 0 fully saturated rings. The first-order valence-corrected chi connectivity index (χ1v) is 7.98. The molecule has 0 saturated carbocycles. The number of hydrogen-bond acceptors (Lipinski definition) is 5. The van der Waals surface area contributed by atoms with Crippen molar-refractivity contribution in [3.63, 3.8) is 0 Å². The van der Waals surface area contributed by atoms with Crippen molar-refractivity contribution in [2.24, 2.45) is 0 Å². The first-order valence-electron chi connectivity index (χ1n) is 7.10. The van der Waals surface area contributed by atoms with E-state index in [4.69, 9.17) is 0 Å². The van der Waals surface area contributed by atoms with Gasteiger partial charge in [0.15, 0.2) is 5.13 Å². The lowest BCUT2D eigenvalue weighted by molar-refractivity contribution is 0.102. The zero-order valence-corrected chi connectivity index (χ0v) is 13.7. The third kappa shape index (κ3) is 3.37. The van der Waals surface area contributed by atoms with Crippen molar-refractivity contribution in [1.82, 2.24) is 9.97 Å². The van der Waals surface area contributed by atoms with Crippen LogP contribution in [0.2, 0.25) is 0 Å². The number of thiazole rings is 1. The smallest absolute Gasteiger partial charge is 0.261 e. The van der Waals surface area contributed by atoms with Gasteiger partial charge in [-0.1, -0.05) is 30.3 Å². The summed E-state index contributed by atoms with van der Waals surface area (Å²) in [5, 5.41) is 5.35. The Morgan fingerprint density at radius 3 is 2.65 bits per heavy atom. The molecule has 3 rings (SSSR count). The van der Waals surface area contributed by atoms with Crippen molar-refractivity contribution < 1.29 is 4.79 Å². The van der Waals surface area contributed by atoms with Crippen LogP contribution in [0.5, 0.6) is 0 Å². The number of benzene rings is 1. The second-order valence-electron chi connectivity index (χ2n) is 5.13. The van der Waals surface area contributed by atoms with Crippen LogP contribution in [-0.2, 0) is 0 Å². The van der Waals surface area contributed by atoms with E-state index in [2.05, 4.69) is 15.3 Å². The SMILES string of the molecule is CN(C)c1ncccc1C(=O)Nc1nc(-c2ccccc2)cs1. The zero-order chi connectivity index (χ0) is 16.2. The van der Waals surface area contributed by atoms with Crippen molar-refractivity contribution in [1.29, 1.82) is 0 Å². The number of pyridine rings is 1. The Kier molecular flexibility index (Phi) is 4.34. The summed E-state index contributed by atoms with van der Waals surface area (Å²) in [5.74, 6) is 0.417. The molecule has 116 valence electrons. The molecular weight excluding hydrogens is 308 g/mol. The largest absolute Gasteiger partial charge is 0.362 e. The summed E-state index contributed by atoms with van der Waals surface area (Å²) in [6.45, 7) is 0. The first-order chi connectivity index (χ1) is 11.1. The van der Waals surface area contributed by atoms with Crippen LogP contribution in [0.1, 0.15) is 10.4 Å². The summed E-state index contributed by atoms with van der Waals surface area (Å²) in [6.07, 6.45) is 1.67. The van der Waals surface area contributed by atoms with Crippen LogP contribution in [0.3, 0.4) is 0 Å². The predicted octanol–water partition coefficient (Wildman–Crippen LogP) is 3.52. The van der Waals surface area contributed by atoms with Crippen LogP contribution in [0, 0.1) is 0 Å². The summed E-state index contributed by atoms with van der Waals surface area (Å²) >= 11 is 1.40. The molecule has 0 saturated heterocycles. The molecule has 1 N–H and O–H groups in total. The number of amides is 1. The summed E-state index contributed by atoms with van der Waals surface area (Å²) in [7, 11) is 3.71. The molecule has 0 aliphatic heterocycles. The van der Waals surface area contributed by atoms with Crippen LogP contribution >= 0.6 is 11.3 Å². The molecule has 0 atom stereocenters. The molecule has 0 spiro atoms. The molecule has 3 aromatic rings. The molecule has 0 aliphatic carbocycles. The van der Waals surface area contributed by atoms with Gasteiger partial charge in [-0.15, -0.1) is 11.3 Å². The molecule has 23 heavy (non-hydrogen) atoms. The van der Waals surface area contributed by atoms with Gasteiger partial charge in [0, 0.05) is 31.2 Å². The maximum atomic E-state index is 12.5. The number of carbonyl (C=O) groups excluding carboxylic acids is 1. The second kappa shape index (κ2) is 6.58. The van der Waals surface area contributed by atoms with E-state index in [1.54, 1.807) is 18.3 Å². The van der Waals surface area contributed by atoms with Gasteiger partial charge >= 0.3 is 0 Å². The molecule has 1 aromatic carbocycles. The highest BCUT2D eigenvalue weighted by Gasteiger charge is 2.15. The molecule has 0 aliphatic rings. The molecule has 0 bridgehead atoms. The Balaban J connectivity index is 1.81. The molecule has 1 amide bonds. The minimum absolute atomic E-state index is 0.212. The van der Waals surface area contributed by atoms with Gasteiger partial charge in [-0.3, -0.25) is 10.1 Å². The predicted molar refractivity (Wildman–Crippen MR) is 94.1 cm³/mol. The fraction of sp³-hybridized carbons (Fsp3) is 0.118. The Hall–Kier alpha value is -2.73. The number of rotatable bonds is 4. The monoisotopic (exact) mass is 324 g/mol. The second-order valence-corrected chi connectivity index (χ2v) is 5.99. The van der Waals surface area contributed by atoms with Gasteiger partial charge in [0.1, 0.15) is 5.82 Å². The Morgan fingerprint density at radius 1 is 1.13 bits per heavy atom. The van der Waals surface area contributed by atoms with E-state index < -0.39 is 0 Å². The molecule has 0 radical (unpaired) electrons. The maximum Gasteiger partial charge on any atom is 0.261 e. The number of nitrogens with one attached hydrogen (secondary N) is 1. The quantitative estimate of drug-likeness (QED) is 0.798. The molecular formula is C17H16N4OS. The van der Waals surface area contributed by atoms with E-state index in [1.165, 1.54) is 11.3 Å².